The van der Waals surface area contributed by atoms with Gasteiger partial charge in [0.25, 0.3) is 0 Å². The van der Waals surface area contributed by atoms with Crippen LogP contribution in [0.15, 0.2) is 67.5 Å². The second-order valence-corrected chi connectivity index (χ2v) is 12.8. The molecule has 0 saturated carbocycles. The fourth-order valence-electron chi connectivity index (χ4n) is 2.96. The molecule has 192 valence electrons. The summed E-state index contributed by atoms with van der Waals surface area (Å²) >= 11 is 21.6. The smallest absolute Gasteiger partial charge is 0.147 e. The predicted octanol–water partition coefficient (Wildman–Crippen LogP) is 9.02. The maximum Gasteiger partial charge on any atom is 0.147 e. The van der Waals surface area contributed by atoms with Gasteiger partial charge in [0, 0.05) is 5.33 Å². The summed E-state index contributed by atoms with van der Waals surface area (Å²) in [5, 5.41) is 0.678. The van der Waals surface area contributed by atoms with Gasteiger partial charge in [-0.3, -0.25) is 0 Å². The molecular formula is C25H26Br6O4. The number of rotatable bonds is 16. The van der Waals surface area contributed by atoms with Crippen molar-refractivity contribution in [2.24, 2.45) is 0 Å². The topological polar surface area (TPSA) is 36.9 Å². The zero-order valence-electron chi connectivity index (χ0n) is 18.9. The van der Waals surface area contributed by atoms with Crippen molar-refractivity contribution >= 4 is 95.6 Å². The largest absolute Gasteiger partial charge is 0.490 e. The van der Waals surface area contributed by atoms with Gasteiger partial charge in [0.2, 0.25) is 0 Å². The van der Waals surface area contributed by atoms with Crippen molar-refractivity contribution in [3.05, 3.63) is 78.6 Å². The second kappa shape index (κ2) is 17.0. The van der Waals surface area contributed by atoms with Gasteiger partial charge in [0.15, 0.2) is 0 Å². The Kier molecular flexibility index (Phi) is 15.3. The number of alkyl halides is 2. The van der Waals surface area contributed by atoms with Crippen LogP contribution in [0.1, 0.15) is 11.1 Å². The lowest BCUT2D eigenvalue weighted by Gasteiger charge is -2.18. The molecule has 2 atom stereocenters. The minimum absolute atomic E-state index is 0.0681. The van der Waals surface area contributed by atoms with Gasteiger partial charge in [-0.1, -0.05) is 44.0 Å². The fourth-order valence-corrected chi connectivity index (χ4v) is 6.67. The molecular weight excluding hydrogens is 844 g/mol. The minimum Gasteiger partial charge on any atom is -0.490 e. The maximum absolute atomic E-state index is 6.02. The molecule has 0 bridgehead atoms. The molecule has 0 spiro atoms. The third-order valence-corrected chi connectivity index (χ3v) is 8.11. The van der Waals surface area contributed by atoms with E-state index in [1.165, 1.54) is 0 Å². The summed E-state index contributed by atoms with van der Waals surface area (Å²) in [7, 11) is 0. The van der Waals surface area contributed by atoms with Gasteiger partial charge in [-0.25, -0.2) is 0 Å². The summed E-state index contributed by atoms with van der Waals surface area (Å²) < 4.78 is 26.7. The van der Waals surface area contributed by atoms with Gasteiger partial charge in [-0.2, -0.15) is 0 Å². The number of ether oxygens (including phenoxy) is 4. The Balaban J connectivity index is 2.04. The van der Waals surface area contributed by atoms with Gasteiger partial charge >= 0.3 is 0 Å². The molecule has 2 aromatic rings. The van der Waals surface area contributed by atoms with Crippen LogP contribution in [-0.4, -0.2) is 49.3 Å². The molecule has 0 N–H and O–H groups in total. The molecule has 2 aromatic carbocycles. The lowest BCUT2D eigenvalue weighted by atomic mass is 10.0. The standard InChI is InChI=1S/C25H26Br6O4/c1-3-5-32-13-18(27)14-34-24-20(28)8-16(9-21(24)29)7-17-10-22(30)25(23(31)11-17)35-15-19(12-26)33-6-4-2/h3-4,8-11,18-19H,1-2,5-7,12-15H2. The zero-order valence-corrected chi connectivity index (χ0v) is 28.4. The molecule has 35 heavy (non-hydrogen) atoms. The van der Waals surface area contributed by atoms with E-state index in [1.807, 2.05) is 0 Å². The Bertz CT molecular complexity index is 938. The minimum atomic E-state index is -0.0681. The first-order chi connectivity index (χ1) is 16.8. The van der Waals surface area contributed by atoms with Crippen LogP contribution in [-0.2, 0) is 15.9 Å². The highest BCUT2D eigenvalue weighted by Crippen LogP contribution is 2.38. The quantitative estimate of drug-likeness (QED) is 0.0960. The van der Waals surface area contributed by atoms with E-state index in [-0.39, 0.29) is 10.9 Å². The molecule has 0 aromatic heterocycles. The second-order valence-electron chi connectivity index (χ2n) is 7.40. The molecule has 0 radical (unpaired) electrons. The van der Waals surface area contributed by atoms with E-state index in [1.54, 1.807) is 12.2 Å². The van der Waals surface area contributed by atoms with Crippen molar-refractivity contribution in [2.75, 3.05) is 38.4 Å². The Morgan fingerprint density at radius 2 is 1.23 bits per heavy atom. The van der Waals surface area contributed by atoms with Crippen molar-refractivity contribution in [2.45, 2.75) is 17.4 Å². The summed E-state index contributed by atoms with van der Waals surface area (Å²) in [6.45, 7) is 9.78. The average molecular weight is 870 g/mol. The van der Waals surface area contributed by atoms with Gasteiger partial charge in [-0.05, 0) is 106 Å². The monoisotopic (exact) mass is 864 g/mol. The van der Waals surface area contributed by atoms with Gasteiger partial charge in [0.1, 0.15) is 30.8 Å². The van der Waals surface area contributed by atoms with Crippen molar-refractivity contribution in [3.63, 3.8) is 0 Å². The highest BCUT2D eigenvalue weighted by molar-refractivity contribution is 9.11. The molecule has 4 nitrogen and oxygen atoms in total. The van der Waals surface area contributed by atoms with E-state index in [0.29, 0.717) is 38.4 Å². The number of hydrogen-bond donors (Lipinski definition) is 0. The van der Waals surface area contributed by atoms with Gasteiger partial charge < -0.3 is 18.9 Å². The molecule has 0 amide bonds. The Hall–Kier alpha value is 0.320. The van der Waals surface area contributed by atoms with Crippen LogP contribution in [0, 0.1) is 0 Å². The summed E-state index contributed by atoms with van der Waals surface area (Å²) in [5.41, 5.74) is 2.26. The van der Waals surface area contributed by atoms with Crippen LogP contribution < -0.4 is 9.47 Å². The van der Waals surface area contributed by atoms with Gasteiger partial charge in [-0.15, -0.1) is 13.2 Å². The fraction of sp³-hybridized carbons (Fsp3) is 0.360. The van der Waals surface area contributed by atoms with Gasteiger partial charge in [0.05, 0.1) is 42.5 Å². The van der Waals surface area contributed by atoms with Crippen LogP contribution in [0.5, 0.6) is 11.5 Å². The molecule has 10 heteroatoms. The first kappa shape index (κ1) is 31.5. The van der Waals surface area contributed by atoms with Crippen LogP contribution >= 0.6 is 95.6 Å². The summed E-state index contributed by atoms with van der Waals surface area (Å²) in [6, 6.07) is 8.28. The highest BCUT2D eigenvalue weighted by Gasteiger charge is 2.16. The highest BCUT2D eigenvalue weighted by atomic mass is 79.9. The molecule has 0 aliphatic carbocycles. The molecule has 0 aliphatic heterocycles. The summed E-state index contributed by atoms with van der Waals surface area (Å²) in [6.07, 6.45) is 4.12. The summed E-state index contributed by atoms with van der Waals surface area (Å²) in [5.74, 6) is 1.50. The van der Waals surface area contributed by atoms with E-state index in [0.717, 1.165) is 46.9 Å². The number of halogens is 6. The van der Waals surface area contributed by atoms with Crippen molar-refractivity contribution < 1.29 is 18.9 Å². The van der Waals surface area contributed by atoms with E-state index in [4.69, 9.17) is 18.9 Å². The molecule has 0 aliphatic rings. The number of benzene rings is 2. The van der Waals surface area contributed by atoms with E-state index >= 15 is 0 Å². The zero-order chi connectivity index (χ0) is 25.8. The van der Waals surface area contributed by atoms with Crippen LogP contribution in [0.3, 0.4) is 0 Å². The lowest BCUT2D eigenvalue weighted by Crippen LogP contribution is -2.23. The third kappa shape index (κ3) is 10.9. The predicted molar refractivity (Wildman–Crippen MR) is 165 cm³/mol. The normalized spacial score (nSPS) is 12.7. The van der Waals surface area contributed by atoms with E-state index in [2.05, 4.69) is 133 Å². The van der Waals surface area contributed by atoms with E-state index in [9.17, 15) is 0 Å². The van der Waals surface area contributed by atoms with Crippen LogP contribution in [0.25, 0.3) is 0 Å². The third-order valence-electron chi connectivity index (χ3n) is 4.50. The van der Waals surface area contributed by atoms with Crippen molar-refractivity contribution in [1.82, 2.24) is 0 Å². The Morgan fingerprint density at radius 1 is 0.743 bits per heavy atom. The first-order valence-corrected chi connectivity index (χ1v) is 15.8. The SMILES string of the molecule is C=CCOCC(Br)COc1c(Br)cc(Cc2cc(Br)c(OCC(CBr)OCC=C)c(Br)c2)cc1Br. The molecule has 2 rings (SSSR count). The van der Waals surface area contributed by atoms with Crippen LogP contribution in [0.4, 0.5) is 0 Å². The number of hydrogen-bond acceptors (Lipinski definition) is 4. The van der Waals surface area contributed by atoms with Crippen LogP contribution in [0.2, 0.25) is 0 Å². The average Bonchev–Trinajstić information content (AvgIpc) is 2.80. The molecule has 0 heterocycles. The maximum atomic E-state index is 6.02. The first-order valence-electron chi connectivity index (χ1n) is 10.6. The summed E-state index contributed by atoms with van der Waals surface area (Å²) in [4.78, 5) is 0.0784. The molecule has 2 unspecified atom stereocenters. The molecule has 0 saturated heterocycles. The molecule has 0 fully saturated rings. The van der Waals surface area contributed by atoms with Crippen molar-refractivity contribution in [1.29, 1.82) is 0 Å². The Morgan fingerprint density at radius 3 is 1.69 bits per heavy atom. The van der Waals surface area contributed by atoms with E-state index < -0.39 is 0 Å². The lowest BCUT2D eigenvalue weighted by molar-refractivity contribution is 0.0529. The Labute approximate surface area is 258 Å². The van der Waals surface area contributed by atoms with Crippen molar-refractivity contribution in [3.8, 4) is 11.5 Å².